The molecule has 0 aliphatic carbocycles. The molecule has 0 spiro atoms. The van der Waals surface area contributed by atoms with Gasteiger partial charge in [0.1, 0.15) is 0 Å². The van der Waals surface area contributed by atoms with Gasteiger partial charge in [-0.1, -0.05) is 12.1 Å². The summed E-state index contributed by atoms with van der Waals surface area (Å²) in [7, 11) is 0. The molecule has 0 radical (unpaired) electrons. The van der Waals surface area contributed by atoms with E-state index in [2.05, 4.69) is 5.32 Å². The van der Waals surface area contributed by atoms with E-state index in [1.165, 1.54) is 12.1 Å². The second-order valence-electron chi connectivity index (χ2n) is 2.66. The molecule has 1 rings (SSSR count). The van der Waals surface area contributed by atoms with Gasteiger partial charge in [0, 0.05) is 6.54 Å². The van der Waals surface area contributed by atoms with Crippen molar-refractivity contribution in [2.75, 3.05) is 0 Å². The van der Waals surface area contributed by atoms with E-state index < -0.39 is 12.1 Å². The summed E-state index contributed by atoms with van der Waals surface area (Å²) in [5, 5.41) is 19.1. The molecule has 0 aliphatic rings. The molecule has 0 bridgehead atoms. The van der Waals surface area contributed by atoms with Crippen LogP contribution in [0.1, 0.15) is 15.9 Å². The van der Waals surface area contributed by atoms with E-state index in [1.807, 2.05) is 0 Å². The predicted molar refractivity (Wildman–Crippen MR) is 48.3 cm³/mol. The maximum absolute atomic E-state index is 10.5. The van der Waals surface area contributed by atoms with Gasteiger partial charge in [0.15, 0.2) is 0 Å². The first kappa shape index (κ1) is 10.0. The van der Waals surface area contributed by atoms with Gasteiger partial charge in [0.2, 0.25) is 0 Å². The summed E-state index contributed by atoms with van der Waals surface area (Å²) in [6.07, 6.45) is -1.10. The van der Waals surface area contributed by atoms with Crippen LogP contribution in [0.15, 0.2) is 24.3 Å². The first-order valence-corrected chi connectivity index (χ1v) is 3.88. The van der Waals surface area contributed by atoms with Gasteiger partial charge in [0.05, 0.1) is 5.56 Å². The van der Waals surface area contributed by atoms with Crippen molar-refractivity contribution in [1.29, 1.82) is 0 Å². The van der Waals surface area contributed by atoms with E-state index in [0.717, 1.165) is 5.56 Å². The van der Waals surface area contributed by atoms with Crippen LogP contribution >= 0.6 is 0 Å². The minimum absolute atomic E-state index is 0.176. The summed E-state index contributed by atoms with van der Waals surface area (Å²) in [5.74, 6) is -0.997. The molecule has 5 nitrogen and oxygen atoms in total. The van der Waals surface area contributed by atoms with E-state index >= 15 is 0 Å². The number of benzene rings is 1. The maximum Gasteiger partial charge on any atom is 0.404 e. The molecule has 0 atom stereocenters. The molecular formula is C9H9NO4. The zero-order valence-electron chi connectivity index (χ0n) is 7.23. The van der Waals surface area contributed by atoms with Gasteiger partial charge in [-0.2, -0.15) is 0 Å². The van der Waals surface area contributed by atoms with Crippen LogP contribution in [0.25, 0.3) is 0 Å². The molecule has 74 valence electrons. The summed E-state index contributed by atoms with van der Waals surface area (Å²) in [4.78, 5) is 20.6. The van der Waals surface area contributed by atoms with E-state index in [4.69, 9.17) is 10.2 Å². The van der Waals surface area contributed by atoms with Crippen molar-refractivity contribution in [2.45, 2.75) is 6.54 Å². The average molecular weight is 195 g/mol. The number of hydrogen-bond donors (Lipinski definition) is 3. The summed E-state index contributed by atoms with van der Waals surface area (Å²) < 4.78 is 0. The molecule has 1 aromatic carbocycles. The van der Waals surface area contributed by atoms with Crippen molar-refractivity contribution in [3.63, 3.8) is 0 Å². The quantitative estimate of drug-likeness (QED) is 0.675. The number of carboxylic acids is 1. The number of rotatable bonds is 3. The summed E-state index contributed by atoms with van der Waals surface area (Å²) >= 11 is 0. The van der Waals surface area contributed by atoms with Crippen molar-refractivity contribution in [1.82, 2.24) is 5.32 Å². The normalized spacial score (nSPS) is 9.43. The SMILES string of the molecule is O=C(O)NCc1ccc(C(=O)O)cc1. The first-order chi connectivity index (χ1) is 6.59. The number of nitrogens with one attached hydrogen (secondary N) is 1. The van der Waals surface area contributed by atoms with Crippen molar-refractivity contribution in [2.24, 2.45) is 0 Å². The fourth-order valence-corrected chi connectivity index (χ4v) is 0.943. The van der Waals surface area contributed by atoms with Crippen LogP contribution in [0.3, 0.4) is 0 Å². The first-order valence-electron chi connectivity index (χ1n) is 3.88. The minimum Gasteiger partial charge on any atom is -0.478 e. The highest BCUT2D eigenvalue weighted by Crippen LogP contribution is 2.03. The Hall–Kier alpha value is -2.04. The Balaban J connectivity index is 2.64. The standard InChI is InChI=1S/C9H9NO4/c11-8(12)7-3-1-6(2-4-7)5-10-9(13)14/h1-4,10H,5H2,(H,11,12)(H,13,14). The molecule has 0 unspecified atom stereocenters. The Kier molecular flexibility index (Phi) is 3.06. The molecule has 0 saturated carbocycles. The molecule has 14 heavy (non-hydrogen) atoms. The van der Waals surface area contributed by atoms with Gasteiger partial charge in [0.25, 0.3) is 0 Å². The zero-order chi connectivity index (χ0) is 10.6. The van der Waals surface area contributed by atoms with E-state index in [1.54, 1.807) is 12.1 Å². The molecule has 0 aromatic heterocycles. The Bertz CT molecular complexity index is 344. The van der Waals surface area contributed by atoms with E-state index in [0.29, 0.717) is 0 Å². The predicted octanol–water partition coefficient (Wildman–Crippen LogP) is 1.15. The van der Waals surface area contributed by atoms with Crippen LogP contribution in [-0.4, -0.2) is 22.3 Å². The van der Waals surface area contributed by atoms with Crippen molar-refractivity contribution in [3.05, 3.63) is 35.4 Å². The Labute approximate surface area is 80.0 Å². The molecule has 0 aliphatic heterocycles. The fourth-order valence-electron chi connectivity index (χ4n) is 0.943. The Morgan fingerprint density at radius 1 is 1.14 bits per heavy atom. The van der Waals surface area contributed by atoms with Crippen LogP contribution in [0.5, 0.6) is 0 Å². The maximum atomic E-state index is 10.5. The van der Waals surface area contributed by atoms with Crippen LogP contribution < -0.4 is 5.32 Å². The van der Waals surface area contributed by atoms with Crippen molar-refractivity contribution in [3.8, 4) is 0 Å². The van der Waals surface area contributed by atoms with E-state index in [-0.39, 0.29) is 12.1 Å². The summed E-state index contributed by atoms with van der Waals surface area (Å²) in [5.41, 5.74) is 0.904. The lowest BCUT2D eigenvalue weighted by Crippen LogP contribution is -2.19. The van der Waals surface area contributed by atoms with Gasteiger partial charge in [-0.05, 0) is 17.7 Å². The number of carbonyl (C=O) groups is 2. The van der Waals surface area contributed by atoms with Gasteiger partial charge in [-0.3, -0.25) is 0 Å². The highest BCUT2D eigenvalue weighted by atomic mass is 16.4. The van der Waals surface area contributed by atoms with Crippen LogP contribution in [-0.2, 0) is 6.54 Å². The summed E-state index contributed by atoms with van der Waals surface area (Å²) in [6, 6.07) is 6.00. The number of aromatic carboxylic acids is 1. The number of hydrogen-bond acceptors (Lipinski definition) is 2. The third-order valence-electron chi connectivity index (χ3n) is 1.64. The number of amides is 1. The highest BCUT2D eigenvalue weighted by Gasteiger charge is 2.01. The summed E-state index contributed by atoms with van der Waals surface area (Å²) in [6.45, 7) is 0.176. The third kappa shape index (κ3) is 2.78. The fraction of sp³-hybridized carbons (Fsp3) is 0.111. The van der Waals surface area contributed by atoms with Crippen molar-refractivity contribution < 1.29 is 19.8 Å². The molecule has 1 amide bonds. The number of carboxylic acid groups (broad SMARTS) is 2. The van der Waals surface area contributed by atoms with Crippen LogP contribution in [0.4, 0.5) is 4.79 Å². The van der Waals surface area contributed by atoms with Gasteiger partial charge < -0.3 is 15.5 Å². The monoisotopic (exact) mass is 195 g/mol. The molecule has 3 N–H and O–H groups in total. The topological polar surface area (TPSA) is 86.6 Å². The van der Waals surface area contributed by atoms with Gasteiger partial charge in [-0.15, -0.1) is 0 Å². The van der Waals surface area contributed by atoms with Crippen LogP contribution in [0.2, 0.25) is 0 Å². The minimum atomic E-state index is -1.10. The molecular weight excluding hydrogens is 186 g/mol. The van der Waals surface area contributed by atoms with E-state index in [9.17, 15) is 9.59 Å². The Morgan fingerprint density at radius 3 is 2.14 bits per heavy atom. The molecule has 1 aromatic rings. The second-order valence-corrected chi connectivity index (χ2v) is 2.66. The molecule has 0 fully saturated rings. The molecule has 0 heterocycles. The smallest absolute Gasteiger partial charge is 0.404 e. The Morgan fingerprint density at radius 2 is 1.71 bits per heavy atom. The van der Waals surface area contributed by atoms with Gasteiger partial charge in [-0.25, -0.2) is 9.59 Å². The lowest BCUT2D eigenvalue weighted by atomic mass is 10.1. The second kappa shape index (κ2) is 4.27. The lowest BCUT2D eigenvalue weighted by molar-refractivity contribution is 0.0697. The largest absolute Gasteiger partial charge is 0.478 e. The lowest BCUT2D eigenvalue weighted by Gasteiger charge is -2.01. The van der Waals surface area contributed by atoms with Crippen molar-refractivity contribution >= 4 is 12.1 Å². The molecule has 0 saturated heterocycles. The van der Waals surface area contributed by atoms with Crippen LogP contribution in [0, 0.1) is 0 Å². The third-order valence-corrected chi connectivity index (χ3v) is 1.64. The molecule has 5 heteroatoms. The average Bonchev–Trinajstić information content (AvgIpc) is 2.15. The van der Waals surface area contributed by atoms with Gasteiger partial charge >= 0.3 is 12.1 Å². The zero-order valence-corrected chi connectivity index (χ0v) is 7.23. The highest BCUT2D eigenvalue weighted by molar-refractivity contribution is 5.87.